The molecule has 1 N–H and O–H groups in total. The van der Waals surface area contributed by atoms with Gasteiger partial charge in [-0.25, -0.2) is 0 Å². The van der Waals surface area contributed by atoms with E-state index in [9.17, 15) is 5.11 Å². The second kappa shape index (κ2) is 5.06. The molecule has 4 heteroatoms. The Balaban J connectivity index is 1.91. The Bertz CT molecular complexity index is 628. The number of hydrogen-bond donors (Lipinski definition) is 1. The number of phenols is 1. The van der Waals surface area contributed by atoms with Crippen molar-refractivity contribution >= 4 is 27.5 Å². The van der Waals surface area contributed by atoms with Crippen molar-refractivity contribution in [2.75, 3.05) is 0 Å². The number of ether oxygens (including phenoxy) is 1. The highest BCUT2D eigenvalue weighted by Crippen LogP contribution is 2.38. The number of fused-ring (bicyclic) bond motifs is 1. The summed E-state index contributed by atoms with van der Waals surface area (Å²) in [4.78, 5) is 0. The average Bonchev–Trinajstić information content (AvgIpc) is 2.38. The number of phenolic OH excluding ortho intramolecular Hbond substituents is 1. The van der Waals surface area contributed by atoms with Crippen LogP contribution in [0, 0.1) is 0 Å². The predicted molar refractivity (Wildman–Crippen MR) is 78.9 cm³/mol. The van der Waals surface area contributed by atoms with E-state index in [4.69, 9.17) is 16.3 Å². The van der Waals surface area contributed by atoms with Crippen molar-refractivity contribution in [3.63, 3.8) is 0 Å². The van der Waals surface area contributed by atoms with Gasteiger partial charge in [-0.05, 0) is 48.7 Å². The summed E-state index contributed by atoms with van der Waals surface area (Å²) in [5.74, 6) is 1.08. The van der Waals surface area contributed by atoms with Crippen LogP contribution >= 0.6 is 27.5 Å². The quantitative estimate of drug-likeness (QED) is 0.803. The third kappa shape index (κ3) is 2.58. The van der Waals surface area contributed by atoms with E-state index in [2.05, 4.69) is 22.0 Å². The van der Waals surface area contributed by atoms with Gasteiger partial charge in [-0.1, -0.05) is 33.6 Å². The zero-order valence-corrected chi connectivity index (χ0v) is 12.4. The number of hydrogen-bond acceptors (Lipinski definition) is 2. The number of halogens is 2. The first-order chi connectivity index (χ1) is 9.13. The standard InChI is InChI=1S/C15H12BrClO2/c16-10-2-6-14-9(7-10)1-5-15(19-14)12-4-3-11(18)8-13(12)17/h2-4,6-8,15,18H,1,5H2. The zero-order valence-electron chi connectivity index (χ0n) is 10.1. The maximum Gasteiger partial charge on any atom is 0.125 e. The van der Waals surface area contributed by atoms with Gasteiger partial charge in [0.1, 0.15) is 17.6 Å². The second-order valence-corrected chi connectivity index (χ2v) is 5.93. The zero-order chi connectivity index (χ0) is 13.4. The Morgan fingerprint density at radius 1 is 1.21 bits per heavy atom. The van der Waals surface area contributed by atoms with Crippen molar-refractivity contribution in [2.24, 2.45) is 0 Å². The molecule has 19 heavy (non-hydrogen) atoms. The summed E-state index contributed by atoms with van der Waals surface area (Å²) >= 11 is 9.63. The minimum atomic E-state index is -0.0539. The van der Waals surface area contributed by atoms with Gasteiger partial charge in [0.15, 0.2) is 0 Å². The number of rotatable bonds is 1. The molecule has 0 aromatic heterocycles. The average molecular weight is 340 g/mol. The summed E-state index contributed by atoms with van der Waals surface area (Å²) in [6.07, 6.45) is 1.78. The number of aromatic hydroxyl groups is 1. The molecule has 0 spiro atoms. The highest BCUT2D eigenvalue weighted by atomic mass is 79.9. The van der Waals surface area contributed by atoms with Gasteiger partial charge in [0.2, 0.25) is 0 Å². The molecule has 2 nitrogen and oxygen atoms in total. The van der Waals surface area contributed by atoms with Gasteiger partial charge in [-0.3, -0.25) is 0 Å². The molecular formula is C15H12BrClO2. The van der Waals surface area contributed by atoms with Crippen LogP contribution in [0.2, 0.25) is 5.02 Å². The molecule has 2 aromatic rings. The van der Waals surface area contributed by atoms with Crippen LogP contribution in [-0.4, -0.2) is 5.11 Å². The van der Waals surface area contributed by atoms with E-state index in [1.807, 2.05) is 18.2 Å². The summed E-state index contributed by atoms with van der Waals surface area (Å²) in [6.45, 7) is 0. The Morgan fingerprint density at radius 2 is 2.05 bits per heavy atom. The lowest BCUT2D eigenvalue weighted by atomic mass is 9.97. The minimum Gasteiger partial charge on any atom is -0.508 e. The highest BCUT2D eigenvalue weighted by molar-refractivity contribution is 9.10. The van der Waals surface area contributed by atoms with Crippen LogP contribution < -0.4 is 4.74 Å². The Morgan fingerprint density at radius 3 is 2.84 bits per heavy atom. The van der Waals surface area contributed by atoms with E-state index >= 15 is 0 Å². The fourth-order valence-electron chi connectivity index (χ4n) is 2.35. The minimum absolute atomic E-state index is 0.0539. The van der Waals surface area contributed by atoms with Gasteiger partial charge < -0.3 is 9.84 Å². The molecule has 1 heterocycles. The lowest BCUT2D eigenvalue weighted by Crippen LogP contribution is -2.15. The molecule has 0 bridgehead atoms. The van der Waals surface area contributed by atoms with Crippen molar-refractivity contribution in [1.82, 2.24) is 0 Å². The largest absolute Gasteiger partial charge is 0.508 e. The molecule has 0 aliphatic carbocycles. The van der Waals surface area contributed by atoms with Gasteiger partial charge in [0.25, 0.3) is 0 Å². The van der Waals surface area contributed by atoms with E-state index < -0.39 is 0 Å². The molecule has 1 aliphatic heterocycles. The molecule has 0 saturated heterocycles. The summed E-state index contributed by atoms with van der Waals surface area (Å²) in [6, 6.07) is 11.1. The van der Waals surface area contributed by atoms with Crippen molar-refractivity contribution in [1.29, 1.82) is 0 Å². The molecule has 0 amide bonds. The van der Waals surface area contributed by atoms with Gasteiger partial charge in [0.05, 0.1) is 5.02 Å². The van der Waals surface area contributed by atoms with Crippen LogP contribution in [0.1, 0.15) is 23.7 Å². The van der Waals surface area contributed by atoms with Crippen molar-refractivity contribution in [3.8, 4) is 11.5 Å². The van der Waals surface area contributed by atoms with Crippen molar-refractivity contribution in [2.45, 2.75) is 18.9 Å². The van der Waals surface area contributed by atoms with E-state index in [1.54, 1.807) is 12.1 Å². The molecule has 0 fully saturated rings. The van der Waals surface area contributed by atoms with Gasteiger partial charge in [-0.15, -0.1) is 0 Å². The summed E-state index contributed by atoms with van der Waals surface area (Å²) < 4.78 is 7.07. The predicted octanol–water partition coefficient (Wildman–Crippen LogP) is 4.87. The van der Waals surface area contributed by atoms with E-state index in [0.717, 1.165) is 28.6 Å². The third-order valence-corrected chi connectivity index (χ3v) is 4.12. The third-order valence-electron chi connectivity index (χ3n) is 3.30. The molecule has 3 rings (SSSR count). The molecule has 0 radical (unpaired) electrons. The SMILES string of the molecule is Oc1ccc(C2CCc3cc(Br)ccc3O2)c(Cl)c1. The Hall–Kier alpha value is -1.19. The highest BCUT2D eigenvalue weighted by Gasteiger charge is 2.23. The van der Waals surface area contributed by atoms with Crippen molar-refractivity contribution in [3.05, 3.63) is 57.0 Å². The second-order valence-electron chi connectivity index (χ2n) is 4.60. The Kier molecular flexibility index (Phi) is 3.42. The van der Waals surface area contributed by atoms with Gasteiger partial charge in [0, 0.05) is 10.0 Å². The molecule has 2 aromatic carbocycles. The normalized spacial score (nSPS) is 17.7. The van der Waals surface area contributed by atoms with E-state index in [1.165, 1.54) is 5.56 Å². The molecular weight excluding hydrogens is 328 g/mol. The molecule has 1 unspecified atom stereocenters. The fourth-order valence-corrected chi connectivity index (χ4v) is 3.06. The molecule has 1 atom stereocenters. The topological polar surface area (TPSA) is 29.5 Å². The van der Waals surface area contributed by atoms with Crippen LogP contribution in [-0.2, 0) is 6.42 Å². The Labute approximate surface area is 125 Å². The van der Waals surface area contributed by atoms with E-state index in [0.29, 0.717) is 5.02 Å². The fraction of sp³-hybridized carbons (Fsp3) is 0.200. The van der Waals surface area contributed by atoms with E-state index in [-0.39, 0.29) is 11.9 Å². The smallest absolute Gasteiger partial charge is 0.125 e. The number of benzene rings is 2. The summed E-state index contributed by atoms with van der Waals surface area (Å²) in [7, 11) is 0. The van der Waals surface area contributed by atoms with Crippen LogP contribution in [0.3, 0.4) is 0 Å². The maximum atomic E-state index is 9.39. The first kappa shape index (κ1) is 12.8. The van der Waals surface area contributed by atoms with Crippen LogP contribution in [0.5, 0.6) is 11.5 Å². The van der Waals surface area contributed by atoms with Gasteiger partial charge >= 0.3 is 0 Å². The summed E-state index contributed by atoms with van der Waals surface area (Å²) in [5, 5.41) is 9.94. The van der Waals surface area contributed by atoms with Crippen molar-refractivity contribution < 1.29 is 9.84 Å². The lowest BCUT2D eigenvalue weighted by molar-refractivity contribution is 0.176. The first-order valence-electron chi connectivity index (χ1n) is 6.07. The number of aryl methyl sites for hydroxylation is 1. The molecule has 98 valence electrons. The monoisotopic (exact) mass is 338 g/mol. The lowest BCUT2D eigenvalue weighted by Gasteiger charge is -2.27. The first-order valence-corrected chi connectivity index (χ1v) is 7.24. The van der Waals surface area contributed by atoms with Crippen LogP contribution in [0.15, 0.2) is 40.9 Å². The maximum absolute atomic E-state index is 9.39. The molecule has 1 aliphatic rings. The molecule has 0 saturated carbocycles. The van der Waals surface area contributed by atoms with Crippen LogP contribution in [0.25, 0.3) is 0 Å². The summed E-state index contributed by atoms with van der Waals surface area (Å²) in [5.41, 5.74) is 2.13. The van der Waals surface area contributed by atoms with Gasteiger partial charge in [-0.2, -0.15) is 0 Å². The van der Waals surface area contributed by atoms with Crippen LogP contribution in [0.4, 0.5) is 0 Å².